The number of thiophene rings is 1. The van der Waals surface area contributed by atoms with Gasteiger partial charge in [-0.15, -0.1) is 11.3 Å². The first-order chi connectivity index (χ1) is 10.7. The lowest BCUT2D eigenvalue weighted by Crippen LogP contribution is -2.10. The van der Waals surface area contributed by atoms with Crippen LogP contribution in [0.4, 0.5) is 17.2 Å². The van der Waals surface area contributed by atoms with E-state index in [9.17, 15) is 4.79 Å². The number of anilines is 3. The van der Waals surface area contributed by atoms with E-state index >= 15 is 0 Å². The molecule has 0 saturated carbocycles. The second-order valence-corrected chi connectivity index (χ2v) is 6.36. The minimum Gasteiger partial charge on any atom is -0.340 e. The van der Waals surface area contributed by atoms with Gasteiger partial charge in [0.05, 0.1) is 16.8 Å². The number of carbonyl (C=O) groups is 1. The summed E-state index contributed by atoms with van der Waals surface area (Å²) < 4.78 is 0.998. The van der Waals surface area contributed by atoms with E-state index in [1.807, 2.05) is 47.8 Å². The predicted octanol–water partition coefficient (Wildman–Crippen LogP) is 4.90. The van der Waals surface area contributed by atoms with E-state index in [1.54, 1.807) is 12.3 Å². The molecular weight excluding hydrogens is 362 g/mol. The first-order valence-electron chi connectivity index (χ1n) is 6.54. The highest BCUT2D eigenvalue weighted by molar-refractivity contribution is 9.10. The number of rotatable bonds is 4. The lowest BCUT2D eigenvalue weighted by Gasteiger charge is -2.07. The zero-order chi connectivity index (χ0) is 15.4. The Balaban J connectivity index is 1.66. The zero-order valence-electron chi connectivity index (χ0n) is 11.4. The Hall–Kier alpha value is -2.18. The summed E-state index contributed by atoms with van der Waals surface area (Å²) in [6.07, 6.45) is 1.63. The summed E-state index contributed by atoms with van der Waals surface area (Å²) in [5.41, 5.74) is 1.61. The smallest absolute Gasteiger partial charge is 0.265 e. The molecule has 0 aliphatic rings. The van der Waals surface area contributed by atoms with Crippen molar-refractivity contribution in [2.24, 2.45) is 0 Å². The summed E-state index contributed by atoms with van der Waals surface area (Å²) in [5.74, 6) is 0.594. The van der Waals surface area contributed by atoms with E-state index in [2.05, 4.69) is 31.5 Å². The van der Waals surface area contributed by atoms with Crippen LogP contribution in [0.2, 0.25) is 0 Å². The van der Waals surface area contributed by atoms with Crippen LogP contribution < -0.4 is 10.6 Å². The molecule has 3 rings (SSSR count). The van der Waals surface area contributed by atoms with Crippen molar-refractivity contribution in [2.75, 3.05) is 10.6 Å². The highest BCUT2D eigenvalue weighted by Crippen LogP contribution is 2.20. The van der Waals surface area contributed by atoms with Crippen LogP contribution in [0.3, 0.4) is 0 Å². The van der Waals surface area contributed by atoms with E-state index < -0.39 is 0 Å². The quantitative estimate of drug-likeness (QED) is 0.683. The Bertz CT molecular complexity index is 772. The number of amides is 1. The molecule has 0 aliphatic carbocycles. The Morgan fingerprint density at radius 3 is 2.68 bits per heavy atom. The van der Waals surface area contributed by atoms with Crippen molar-refractivity contribution in [1.82, 2.24) is 4.98 Å². The number of benzene rings is 1. The van der Waals surface area contributed by atoms with Crippen molar-refractivity contribution in [1.29, 1.82) is 0 Å². The highest BCUT2D eigenvalue weighted by atomic mass is 79.9. The van der Waals surface area contributed by atoms with E-state index in [-0.39, 0.29) is 5.91 Å². The summed E-state index contributed by atoms with van der Waals surface area (Å²) in [5, 5.41) is 7.89. The predicted molar refractivity (Wildman–Crippen MR) is 93.9 cm³/mol. The van der Waals surface area contributed by atoms with Crippen molar-refractivity contribution >= 4 is 50.4 Å². The van der Waals surface area contributed by atoms with E-state index in [1.165, 1.54) is 11.3 Å². The average molecular weight is 374 g/mol. The summed E-state index contributed by atoms with van der Waals surface area (Å²) in [7, 11) is 0. The van der Waals surface area contributed by atoms with E-state index in [0.29, 0.717) is 16.4 Å². The molecule has 0 unspecified atom stereocenters. The molecule has 2 aromatic heterocycles. The number of halogens is 1. The molecule has 0 fully saturated rings. The van der Waals surface area contributed by atoms with Gasteiger partial charge in [0.1, 0.15) is 5.82 Å². The monoisotopic (exact) mass is 373 g/mol. The van der Waals surface area contributed by atoms with Crippen LogP contribution in [0.25, 0.3) is 0 Å². The topological polar surface area (TPSA) is 54.0 Å². The molecule has 22 heavy (non-hydrogen) atoms. The van der Waals surface area contributed by atoms with Crippen molar-refractivity contribution in [3.63, 3.8) is 0 Å². The molecule has 110 valence electrons. The van der Waals surface area contributed by atoms with Crippen LogP contribution in [-0.4, -0.2) is 10.9 Å². The fourth-order valence-corrected chi connectivity index (χ4v) is 2.87. The molecule has 0 saturated heterocycles. The molecule has 3 aromatic rings. The summed E-state index contributed by atoms with van der Waals surface area (Å²) in [6, 6.07) is 15.1. The third kappa shape index (κ3) is 3.72. The molecule has 0 bridgehead atoms. The minimum atomic E-state index is -0.121. The van der Waals surface area contributed by atoms with Gasteiger partial charge in [-0.05, 0) is 41.8 Å². The second-order valence-electron chi connectivity index (χ2n) is 4.50. The number of nitrogens with zero attached hydrogens (tertiary/aromatic N) is 1. The van der Waals surface area contributed by atoms with Gasteiger partial charge in [0.15, 0.2) is 0 Å². The van der Waals surface area contributed by atoms with Gasteiger partial charge >= 0.3 is 0 Å². The second kappa shape index (κ2) is 6.72. The standard InChI is InChI=1S/C16H12BrN3OS/c17-11-3-1-4-12(9-11)19-15-7-6-13(10-18-15)20-16(21)14-5-2-8-22-14/h1-10H,(H,18,19)(H,20,21). The molecule has 6 heteroatoms. The van der Waals surface area contributed by atoms with Gasteiger partial charge in [-0.3, -0.25) is 4.79 Å². The molecular formula is C16H12BrN3OS. The van der Waals surface area contributed by atoms with Crippen LogP contribution >= 0.6 is 27.3 Å². The maximum Gasteiger partial charge on any atom is 0.265 e. The third-order valence-corrected chi connectivity index (χ3v) is 4.23. The fraction of sp³-hybridized carbons (Fsp3) is 0. The van der Waals surface area contributed by atoms with Crippen molar-refractivity contribution < 1.29 is 4.79 Å². The van der Waals surface area contributed by atoms with Crippen LogP contribution in [0.1, 0.15) is 9.67 Å². The van der Waals surface area contributed by atoms with Gasteiger partial charge in [0.25, 0.3) is 5.91 Å². The molecule has 1 amide bonds. The first kappa shape index (κ1) is 14.7. The molecule has 0 aliphatic heterocycles. The molecule has 0 atom stereocenters. The van der Waals surface area contributed by atoms with Crippen LogP contribution in [0.5, 0.6) is 0 Å². The van der Waals surface area contributed by atoms with Gasteiger partial charge in [0.2, 0.25) is 0 Å². The van der Waals surface area contributed by atoms with Gasteiger partial charge in [-0.2, -0.15) is 0 Å². The van der Waals surface area contributed by atoms with Crippen molar-refractivity contribution in [3.05, 3.63) is 69.5 Å². The summed E-state index contributed by atoms with van der Waals surface area (Å²) >= 11 is 4.83. The third-order valence-electron chi connectivity index (χ3n) is 2.86. The Morgan fingerprint density at radius 1 is 1.09 bits per heavy atom. The van der Waals surface area contributed by atoms with Gasteiger partial charge in [-0.1, -0.05) is 28.1 Å². The Kier molecular flexibility index (Phi) is 4.50. The molecule has 2 N–H and O–H groups in total. The molecule has 1 aromatic carbocycles. The fourth-order valence-electron chi connectivity index (χ4n) is 1.86. The van der Waals surface area contributed by atoms with Crippen molar-refractivity contribution in [2.45, 2.75) is 0 Å². The lowest BCUT2D eigenvalue weighted by molar-refractivity contribution is 0.103. The van der Waals surface area contributed by atoms with Crippen LogP contribution in [-0.2, 0) is 0 Å². The number of aromatic nitrogens is 1. The molecule has 4 nitrogen and oxygen atoms in total. The van der Waals surface area contributed by atoms with Gasteiger partial charge in [-0.25, -0.2) is 4.98 Å². The maximum absolute atomic E-state index is 11.9. The number of pyridine rings is 1. The average Bonchev–Trinajstić information content (AvgIpc) is 3.04. The van der Waals surface area contributed by atoms with Crippen molar-refractivity contribution in [3.8, 4) is 0 Å². The number of hydrogen-bond donors (Lipinski definition) is 2. The Labute approximate surface area is 140 Å². The normalized spacial score (nSPS) is 10.2. The lowest BCUT2D eigenvalue weighted by atomic mass is 10.3. The maximum atomic E-state index is 11.9. The zero-order valence-corrected chi connectivity index (χ0v) is 13.8. The number of nitrogens with one attached hydrogen (secondary N) is 2. The Morgan fingerprint density at radius 2 is 2.00 bits per heavy atom. The minimum absolute atomic E-state index is 0.121. The largest absolute Gasteiger partial charge is 0.340 e. The number of carbonyl (C=O) groups excluding carboxylic acids is 1. The van der Waals surface area contributed by atoms with Crippen LogP contribution in [0, 0.1) is 0 Å². The molecule has 0 spiro atoms. The van der Waals surface area contributed by atoms with E-state index in [0.717, 1.165) is 10.2 Å². The highest BCUT2D eigenvalue weighted by Gasteiger charge is 2.07. The molecule has 2 heterocycles. The van der Waals surface area contributed by atoms with E-state index in [4.69, 9.17) is 0 Å². The summed E-state index contributed by atoms with van der Waals surface area (Å²) in [4.78, 5) is 16.9. The van der Waals surface area contributed by atoms with Gasteiger partial charge < -0.3 is 10.6 Å². The first-order valence-corrected chi connectivity index (χ1v) is 8.21. The van der Waals surface area contributed by atoms with Gasteiger partial charge in [0, 0.05) is 10.2 Å². The summed E-state index contributed by atoms with van der Waals surface area (Å²) in [6.45, 7) is 0. The van der Waals surface area contributed by atoms with Crippen LogP contribution in [0.15, 0.2) is 64.6 Å². The number of hydrogen-bond acceptors (Lipinski definition) is 4. The molecule has 0 radical (unpaired) electrons. The SMILES string of the molecule is O=C(Nc1ccc(Nc2cccc(Br)c2)nc1)c1cccs1.